The fourth-order valence-corrected chi connectivity index (χ4v) is 1.70. The number of rotatable bonds is 4. The fourth-order valence-electron chi connectivity index (χ4n) is 1.70. The van der Waals surface area contributed by atoms with E-state index in [2.05, 4.69) is 5.32 Å². The van der Waals surface area contributed by atoms with Gasteiger partial charge in [0.25, 0.3) is 5.91 Å². The third kappa shape index (κ3) is 4.42. The van der Waals surface area contributed by atoms with Crippen molar-refractivity contribution < 1.29 is 18.7 Å². The van der Waals surface area contributed by atoms with Gasteiger partial charge in [0.2, 0.25) is 0 Å². The summed E-state index contributed by atoms with van der Waals surface area (Å²) in [6.07, 6.45) is 0. The van der Waals surface area contributed by atoms with Gasteiger partial charge >= 0.3 is 5.97 Å². The third-order valence-corrected chi connectivity index (χ3v) is 2.72. The lowest BCUT2D eigenvalue weighted by molar-refractivity contribution is -0.133. The molecule has 0 atom stereocenters. The van der Waals surface area contributed by atoms with Crippen LogP contribution in [0.2, 0.25) is 0 Å². The van der Waals surface area contributed by atoms with Crippen molar-refractivity contribution in [1.82, 2.24) is 5.32 Å². The number of carbonyl (C=O) groups excluding carboxylic acids is 2. The van der Waals surface area contributed by atoms with Crippen molar-refractivity contribution in [2.75, 3.05) is 6.54 Å². The molecule has 1 amide bonds. The van der Waals surface area contributed by atoms with Crippen LogP contribution < -0.4 is 10.1 Å². The zero-order chi connectivity index (χ0) is 15.2. The first-order chi connectivity index (χ1) is 10.0. The average Bonchev–Trinajstić information content (AvgIpc) is 2.45. The smallest absolute Gasteiger partial charge is 0.330 e. The van der Waals surface area contributed by atoms with E-state index in [4.69, 9.17) is 4.74 Å². The molecule has 21 heavy (non-hydrogen) atoms. The van der Waals surface area contributed by atoms with Gasteiger partial charge in [-0.05, 0) is 48.9 Å². The zero-order valence-corrected chi connectivity index (χ0v) is 11.4. The van der Waals surface area contributed by atoms with Crippen LogP contribution >= 0.6 is 0 Å². The van der Waals surface area contributed by atoms with Crippen molar-refractivity contribution in [2.24, 2.45) is 0 Å². The highest BCUT2D eigenvalue weighted by Crippen LogP contribution is 2.12. The number of carbonyl (C=O) groups is 2. The summed E-state index contributed by atoms with van der Waals surface area (Å²) >= 11 is 0. The lowest BCUT2D eigenvalue weighted by Crippen LogP contribution is -2.31. The van der Waals surface area contributed by atoms with E-state index in [-0.39, 0.29) is 12.1 Å². The largest absolute Gasteiger partial charge is 0.425 e. The Morgan fingerprint density at radius 3 is 2.52 bits per heavy atom. The molecule has 0 saturated carbocycles. The molecule has 1 N–H and O–H groups in total. The maximum Gasteiger partial charge on any atom is 0.330 e. The molecular weight excluding hydrogens is 273 g/mol. The van der Waals surface area contributed by atoms with E-state index in [0.29, 0.717) is 5.75 Å². The quantitative estimate of drug-likeness (QED) is 0.694. The van der Waals surface area contributed by atoms with E-state index in [1.54, 1.807) is 18.2 Å². The van der Waals surface area contributed by atoms with E-state index in [1.807, 2.05) is 13.0 Å². The zero-order valence-electron chi connectivity index (χ0n) is 11.4. The topological polar surface area (TPSA) is 55.4 Å². The minimum absolute atomic E-state index is 0.260. The standard InChI is InChI=1S/C16H14FNO3/c1-11-3-2-4-14(9-11)21-15(19)10-18-16(20)12-5-7-13(17)8-6-12/h2-9H,10H2,1H3,(H,18,20). The molecule has 108 valence electrons. The minimum Gasteiger partial charge on any atom is -0.425 e. The predicted octanol–water partition coefficient (Wildman–Crippen LogP) is 2.47. The summed E-state index contributed by atoms with van der Waals surface area (Å²) in [5.41, 5.74) is 1.25. The van der Waals surface area contributed by atoms with E-state index >= 15 is 0 Å². The van der Waals surface area contributed by atoms with Crippen molar-refractivity contribution in [3.8, 4) is 5.75 Å². The van der Waals surface area contributed by atoms with Gasteiger partial charge in [0.05, 0.1) is 0 Å². The summed E-state index contributed by atoms with van der Waals surface area (Å²) in [6.45, 7) is 1.62. The number of halogens is 1. The highest BCUT2D eigenvalue weighted by atomic mass is 19.1. The van der Waals surface area contributed by atoms with E-state index < -0.39 is 17.7 Å². The molecule has 0 bridgehead atoms. The Morgan fingerprint density at radius 1 is 1.14 bits per heavy atom. The van der Waals surface area contributed by atoms with Crippen molar-refractivity contribution in [3.63, 3.8) is 0 Å². The number of esters is 1. The van der Waals surface area contributed by atoms with Gasteiger partial charge in [-0.3, -0.25) is 4.79 Å². The molecule has 0 radical (unpaired) electrons. The maximum absolute atomic E-state index is 12.7. The first-order valence-corrected chi connectivity index (χ1v) is 6.36. The van der Waals surface area contributed by atoms with Gasteiger partial charge in [0.1, 0.15) is 18.1 Å². The predicted molar refractivity (Wildman–Crippen MR) is 75.5 cm³/mol. The molecule has 0 aliphatic heterocycles. The van der Waals surface area contributed by atoms with Crippen LogP contribution in [0.5, 0.6) is 5.75 Å². The number of hydrogen-bond acceptors (Lipinski definition) is 3. The Balaban J connectivity index is 1.86. The lowest BCUT2D eigenvalue weighted by atomic mass is 10.2. The number of benzene rings is 2. The minimum atomic E-state index is -0.573. The van der Waals surface area contributed by atoms with Crippen LogP contribution in [-0.4, -0.2) is 18.4 Å². The second-order valence-corrected chi connectivity index (χ2v) is 4.48. The van der Waals surface area contributed by atoms with Crippen molar-refractivity contribution >= 4 is 11.9 Å². The fraction of sp³-hybridized carbons (Fsp3) is 0.125. The van der Waals surface area contributed by atoms with Gasteiger partial charge in [0.15, 0.2) is 0 Å². The second kappa shape index (κ2) is 6.65. The normalized spacial score (nSPS) is 10.0. The SMILES string of the molecule is Cc1cccc(OC(=O)CNC(=O)c2ccc(F)cc2)c1. The molecule has 0 aromatic heterocycles. The molecule has 0 fully saturated rings. The van der Waals surface area contributed by atoms with Gasteiger partial charge in [-0.2, -0.15) is 0 Å². The summed E-state index contributed by atoms with van der Waals surface area (Å²) in [5, 5.41) is 2.42. The highest BCUT2D eigenvalue weighted by Gasteiger charge is 2.09. The molecule has 4 nitrogen and oxygen atoms in total. The number of amides is 1. The van der Waals surface area contributed by atoms with Crippen molar-refractivity contribution in [3.05, 3.63) is 65.5 Å². The molecule has 2 aromatic carbocycles. The van der Waals surface area contributed by atoms with Crippen LogP contribution in [0, 0.1) is 12.7 Å². The Hall–Kier alpha value is -2.69. The monoisotopic (exact) mass is 287 g/mol. The third-order valence-electron chi connectivity index (χ3n) is 2.72. The Morgan fingerprint density at radius 2 is 1.86 bits per heavy atom. The van der Waals surface area contributed by atoms with Crippen LogP contribution in [0.25, 0.3) is 0 Å². The van der Waals surface area contributed by atoms with E-state index in [9.17, 15) is 14.0 Å². The molecule has 0 aliphatic rings. The van der Waals surface area contributed by atoms with Gasteiger partial charge in [-0.1, -0.05) is 12.1 Å². The van der Waals surface area contributed by atoms with Gasteiger partial charge in [0, 0.05) is 5.56 Å². The second-order valence-electron chi connectivity index (χ2n) is 4.48. The Labute approximate surface area is 121 Å². The summed E-state index contributed by atoms with van der Waals surface area (Å²) in [6, 6.07) is 12.1. The van der Waals surface area contributed by atoms with Gasteiger partial charge < -0.3 is 10.1 Å². The van der Waals surface area contributed by atoms with Gasteiger partial charge in [-0.25, -0.2) is 9.18 Å². The van der Waals surface area contributed by atoms with Crippen LogP contribution in [0.1, 0.15) is 15.9 Å². The molecular formula is C16H14FNO3. The molecule has 2 rings (SSSR count). The first-order valence-electron chi connectivity index (χ1n) is 6.36. The molecule has 0 heterocycles. The van der Waals surface area contributed by atoms with E-state index in [1.165, 1.54) is 24.3 Å². The summed E-state index contributed by atoms with van der Waals surface area (Å²) in [4.78, 5) is 23.3. The lowest BCUT2D eigenvalue weighted by Gasteiger charge is -2.06. The van der Waals surface area contributed by atoms with Crippen LogP contribution in [0.4, 0.5) is 4.39 Å². The maximum atomic E-state index is 12.7. The van der Waals surface area contributed by atoms with Crippen molar-refractivity contribution in [2.45, 2.75) is 6.92 Å². The molecule has 0 spiro atoms. The first kappa shape index (κ1) is 14.7. The molecule has 0 aliphatic carbocycles. The molecule has 0 saturated heterocycles. The number of hydrogen-bond donors (Lipinski definition) is 1. The number of aryl methyl sites for hydroxylation is 1. The Bertz CT molecular complexity index is 653. The summed E-state index contributed by atoms with van der Waals surface area (Å²) in [5.74, 6) is -1.03. The molecule has 2 aromatic rings. The van der Waals surface area contributed by atoms with Crippen molar-refractivity contribution in [1.29, 1.82) is 0 Å². The van der Waals surface area contributed by atoms with Crippen LogP contribution in [0.15, 0.2) is 48.5 Å². The molecule has 0 unspecified atom stereocenters. The number of ether oxygens (including phenoxy) is 1. The van der Waals surface area contributed by atoms with Gasteiger partial charge in [-0.15, -0.1) is 0 Å². The summed E-state index contributed by atoms with van der Waals surface area (Å²) in [7, 11) is 0. The number of nitrogens with one attached hydrogen (secondary N) is 1. The highest BCUT2D eigenvalue weighted by molar-refractivity contribution is 5.96. The van der Waals surface area contributed by atoms with E-state index in [0.717, 1.165) is 5.56 Å². The van der Waals surface area contributed by atoms with Crippen LogP contribution in [-0.2, 0) is 4.79 Å². The summed E-state index contributed by atoms with van der Waals surface area (Å²) < 4.78 is 17.8. The average molecular weight is 287 g/mol. The molecule has 5 heteroatoms. The Kier molecular flexibility index (Phi) is 4.66. The van der Waals surface area contributed by atoms with Crippen LogP contribution in [0.3, 0.4) is 0 Å².